The summed E-state index contributed by atoms with van der Waals surface area (Å²) >= 11 is 1.70. The van der Waals surface area contributed by atoms with Crippen LogP contribution in [0.25, 0.3) is 0 Å². The number of anilines is 2. The Balaban J connectivity index is 1.71. The summed E-state index contributed by atoms with van der Waals surface area (Å²) in [6.07, 6.45) is 3.58. The quantitative estimate of drug-likeness (QED) is 0.632. The third-order valence-electron chi connectivity index (χ3n) is 5.47. The minimum atomic E-state index is -0.343. The average molecular weight is 408 g/mol. The van der Waals surface area contributed by atoms with E-state index in [-0.39, 0.29) is 23.9 Å². The van der Waals surface area contributed by atoms with Crippen molar-refractivity contribution in [3.8, 4) is 0 Å². The second kappa shape index (κ2) is 7.91. The fraction of sp³-hybridized carbons (Fsp3) is 0.318. The topological polar surface area (TPSA) is 71.8 Å². The molecule has 150 valence electrons. The average Bonchev–Trinajstić information content (AvgIpc) is 3.17. The predicted molar refractivity (Wildman–Crippen MR) is 118 cm³/mol. The largest absolute Gasteiger partial charge is 0.351 e. The number of aryl methyl sites for hydroxylation is 2. The molecule has 0 saturated carbocycles. The molecule has 7 heteroatoms. The Kier molecular flexibility index (Phi) is 5.32. The zero-order valence-electron chi connectivity index (χ0n) is 17.0. The Morgan fingerprint density at radius 1 is 1.17 bits per heavy atom. The summed E-state index contributed by atoms with van der Waals surface area (Å²) in [7, 11) is 0. The van der Waals surface area contributed by atoms with Crippen LogP contribution < -0.4 is 10.6 Å². The molecule has 6 nitrogen and oxygen atoms in total. The first kappa shape index (κ1) is 19.5. The van der Waals surface area contributed by atoms with Crippen LogP contribution in [0.1, 0.15) is 29.7 Å². The molecular weight excluding hydrogens is 382 g/mol. The van der Waals surface area contributed by atoms with E-state index in [1.165, 1.54) is 16.8 Å². The summed E-state index contributed by atoms with van der Waals surface area (Å²) in [5.74, 6) is 0.314. The highest BCUT2D eigenvalue weighted by Crippen LogP contribution is 2.37. The number of nitrogens with zero attached hydrogens (tertiary/aromatic N) is 3. The number of thioether (sulfide) groups is 1. The number of carbonyl (C=O) groups excluding carboxylic acids is 1. The number of rotatable bonds is 4. The first-order valence-electron chi connectivity index (χ1n) is 9.66. The molecule has 0 unspecified atom stereocenters. The van der Waals surface area contributed by atoms with Gasteiger partial charge in [0.15, 0.2) is 0 Å². The molecule has 0 aliphatic carbocycles. The van der Waals surface area contributed by atoms with Crippen LogP contribution in [0.4, 0.5) is 11.6 Å². The molecule has 2 heterocycles. The molecule has 3 aromatic rings. The van der Waals surface area contributed by atoms with Crippen molar-refractivity contribution in [2.24, 2.45) is 5.92 Å². The molecule has 1 aliphatic heterocycles. The summed E-state index contributed by atoms with van der Waals surface area (Å²) < 4.78 is 1.82. The fourth-order valence-corrected chi connectivity index (χ4v) is 4.37. The molecule has 2 aromatic carbocycles. The molecule has 1 amide bonds. The minimum absolute atomic E-state index is 0.0305. The van der Waals surface area contributed by atoms with Gasteiger partial charge in [-0.3, -0.25) is 4.79 Å². The molecule has 0 bridgehead atoms. The Morgan fingerprint density at radius 3 is 2.62 bits per heavy atom. The van der Waals surface area contributed by atoms with E-state index in [0.717, 1.165) is 16.8 Å². The molecule has 0 saturated heterocycles. The monoisotopic (exact) mass is 407 g/mol. The van der Waals surface area contributed by atoms with Crippen molar-refractivity contribution in [2.45, 2.75) is 37.8 Å². The molecule has 1 aliphatic rings. The van der Waals surface area contributed by atoms with E-state index in [2.05, 4.69) is 57.3 Å². The summed E-state index contributed by atoms with van der Waals surface area (Å²) in [6.45, 7) is 6.08. The van der Waals surface area contributed by atoms with Crippen LogP contribution in [-0.4, -0.2) is 33.0 Å². The van der Waals surface area contributed by atoms with Gasteiger partial charge in [0.2, 0.25) is 11.9 Å². The van der Waals surface area contributed by atoms with Gasteiger partial charge in [0.05, 0.1) is 12.0 Å². The second-order valence-electron chi connectivity index (χ2n) is 7.51. The number of fused-ring (bicyclic) bond motifs is 1. The Labute approximate surface area is 175 Å². The standard InChI is InChI=1S/C22H25N5OS/c1-13-5-10-18(14(2)11-13)26-21(28)19-15(3)25-22-23-12-24-27(22)20(19)16-6-8-17(29-4)9-7-16/h5-12,15,19-20H,1-4H3,(H,26,28)(H,23,24,25)/t15-,19+,20-/m1/s1. The maximum Gasteiger partial charge on any atom is 0.232 e. The van der Waals surface area contributed by atoms with Crippen molar-refractivity contribution >= 4 is 29.3 Å². The molecule has 1 aromatic heterocycles. The lowest BCUT2D eigenvalue weighted by molar-refractivity contribution is -0.121. The minimum Gasteiger partial charge on any atom is -0.351 e. The molecule has 29 heavy (non-hydrogen) atoms. The summed E-state index contributed by atoms with van der Waals surface area (Å²) in [5.41, 5.74) is 4.11. The number of carbonyl (C=O) groups is 1. The van der Waals surface area contributed by atoms with Gasteiger partial charge in [-0.2, -0.15) is 10.1 Å². The number of aromatic nitrogens is 3. The Hall–Kier alpha value is -2.80. The third-order valence-corrected chi connectivity index (χ3v) is 6.22. The molecule has 0 fully saturated rings. The predicted octanol–water partition coefficient (Wildman–Crippen LogP) is 4.28. The van der Waals surface area contributed by atoms with Crippen LogP contribution in [0.3, 0.4) is 0 Å². The van der Waals surface area contributed by atoms with Gasteiger partial charge in [0.1, 0.15) is 6.33 Å². The van der Waals surface area contributed by atoms with Crippen LogP contribution in [0.2, 0.25) is 0 Å². The lowest BCUT2D eigenvalue weighted by atomic mass is 9.85. The molecule has 3 atom stereocenters. The van der Waals surface area contributed by atoms with Crippen molar-refractivity contribution in [3.05, 3.63) is 65.5 Å². The SMILES string of the molecule is CSc1ccc([C@@H]2[C@@H](C(=O)Nc3ccc(C)cc3C)[C@@H](C)Nc3ncnn32)cc1. The first-order valence-corrected chi connectivity index (χ1v) is 10.9. The van der Waals surface area contributed by atoms with E-state index in [4.69, 9.17) is 0 Å². The van der Waals surface area contributed by atoms with E-state index < -0.39 is 0 Å². The van der Waals surface area contributed by atoms with Crippen molar-refractivity contribution in [1.82, 2.24) is 14.8 Å². The van der Waals surface area contributed by atoms with Gasteiger partial charge >= 0.3 is 0 Å². The molecular formula is C22H25N5OS. The van der Waals surface area contributed by atoms with Crippen LogP contribution in [0.5, 0.6) is 0 Å². The number of hydrogen-bond acceptors (Lipinski definition) is 5. The molecule has 4 rings (SSSR count). The van der Waals surface area contributed by atoms with Gasteiger partial charge in [-0.25, -0.2) is 4.68 Å². The normalized spacial score (nSPS) is 20.6. The number of hydrogen-bond donors (Lipinski definition) is 2. The Bertz CT molecular complexity index is 1030. The van der Waals surface area contributed by atoms with Gasteiger partial charge in [-0.1, -0.05) is 29.8 Å². The van der Waals surface area contributed by atoms with Gasteiger partial charge in [0.25, 0.3) is 0 Å². The van der Waals surface area contributed by atoms with Crippen LogP contribution >= 0.6 is 11.8 Å². The number of nitrogens with one attached hydrogen (secondary N) is 2. The van der Waals surface area contributed by atoms with Gasteiger partial charge in [0, 0.05) is 16.6 Å². The first-order chi connectivity index (χ1) is 14.0. The molecule has 0 radical (unpaired) electrons. The van der Waals surface area contributed by atoms with Gasteiger partial charge in [-0.05, 0) is 56.4 Å². The third kappa shape index (κ3) is 3.74. The van der Waals surface area contributed by atoms with Crippen LogP contribution in [-0.2, 0) is 4.79 Å². The number of amides is 1. The highest BCUT2D eigenvalue weighted by molar-refractivity contribution is 7.98. The highest BCUT2D eigenvalue weighted by Gasteiger charge is 2.41. The van der Waals surface area contributed by atoms with E-state index >= 15 is 0 Å². The highest BCUT2D eigenvalue weighted by atomic mass is 32.2. The lowest BCUT2D eigenvalue weighted by Crippen LogP contribution is -2.46. The maximum absolute atomic E-state index is 13.4. The van der Waals surface area contributed by atoms with E-state index in [0.29, 0.717) is 5.95 Å². The fourth-order valence-electron chi connectivity index (χ4n) is 3.97. The van der Waals surface area contributed by atoms with Crippen molar-refractivity contribution in [1.29, 1.82) is 0 Å². The van der Waals surface area contributed by atoms with E-state index in [9.17, 15) is 4.79 Å². The van der Waals surface area contributed by atoms with Crippen molar-refractivity contribution < 1.29 is 4.79 Å². The van der Waals surface area contributed by atoms with Crippen LogP contribution in [0, 0.1) is 19.8 Å². The zero-order chi connectivity index (χ0) is 20.5. The Morgan fingerprint density at radius 2 is 1.93 bits per heavy atom. The van der Waals surface area contributed by atoms with E-state index in [1.807, 2.05) is 37.6 Å². The summed E-state index contributed by atoms with van der Waals surface area (Å²) in [6, 6.07) is 14.1. The molecule has 2 N–H and O–H groups in total. The molecule has 0 spiro atoms. The van der Waals surface area contributed by atoms with Crippen LogP contribution in [0.15, 0.2) is 53.7 Å². The van der Waals surface area contributed by atoms with E-state index in [1.54, 1.807) is 11.8 Å². The smallest absolute Gasteiger partial charge is 0.232 e. The van der Waals surface area contributed by atoms with Crippen molar-refractivity contribution in [2.75, 3.05) is 16.9 Å². The van der Waals surface area contributed by atoms with Gasteiger partial charge in [-0.15, -0.1) is 11.8 Å². The summed E-state index contributed by atoms with van der Waals surface area (Å²) in [5, 5.41) is 10.9. The second-order valence-corrected chi connectivity index (χ2v) is 8.39. The number of benzene rings is 2. The lowest BCUT2D eigenvalue weighted by Gasteiger charge is -2.37. The zero-order valence-corrected chi connectivity index (χ0v) is 17.8. The maximum atomic E-state index is 13.4. The van der Waals surface area contributed by atoms with Crippen molar-refractivity contribution in [3.63, 3.8) is 0 Å². The van der Waals surface area contributed by atoms with Gasteiger partial charge < -0.3 is 10.6 Å². The summed E-state index contributed by atoms with van der Waals surface area (Å²) in [4.78, 5) is 18.9.